The zero-order valence-corrected chi connectivity index (χ0v) is 19.6. The van der Waals surface area contributed by atoms with Crippen LogP contribution in [0.5, 0.6) is 0 Å². The van der Waals surface area contributed by atoms with E-state index in [9.17, 15) is 0 Å². The van der Waals surface area contributed by atoms with Crippen molar-refractivity contribution in [3.63, 3.8) is 0 Å². The maximum atomic E-state index is 2.50. The van der Waals surface area contributed by atoms with Crippen LogP contribution in [0.25, 0.3) is 21.5 Å². The van der Waals surface area contributed by atoms with E-state index in [0.29, 0.717) is 52.5 Å². The monoisotopic (exact) mass is 550 g/mol. The molecule has 0 nitrogen and oxygen atoms in total. The Labute approximate surface area is 152 Å². The third kappa shape index (κ3) is 1.71. The molecule has 110 valence electrons. The van der Waals surface area contributed by atoms with E-state index in [1.54, 1.807) is 50.5 Å². The van der Waals surface area contributed by atoms with Crippen molar-refractivity contribution in [1.82, 2.24) is 0 Å². The van der Waals surface area contributed by atoms with Crippen molar-refractivity contribution in [2.75, 3.05) is 0 Å². The van der Waals surface area contributed by atoms with Crippen LogP contribution >= 0.6 is 0 Å². The van der Waals surface area contributed by atoms with E-state index in [-0.39, 0.29) is 0 Å². The minimum absolute atomic E-state index is 0.687. The zero-order chi connectivity index (χ0) is 15.2. The van der Waals surface area contributed by atoms with Gasteiger partial charge in [-0.15, -0.1) is 0 Å². The molecular weight excluding hydrogens is 532 g/mol. The summed E-state index contributed by atoms with van der Waals surface area (Å²) in [5, 5.41) is 6.68. The molecule has 0 aliphatic carbocycles. The molecule has 0 unspecified atom stereocenters. The Balaban J connectivity index is 2.13. The number of fused-ring (bicyclic) bond motifs is 3. The second kappa shape index (κ2) is 4.89. The molecule has 0 N–H and O–H groups in total. The van der Waals surface area contributed by atoms with Gasteiger partial charge in [0.05, 0.1) is 0 Å². The number of benzene rings is 3. The first-order valence-corrected chi connectivity index (χ1v) is 19.4. The summed E-state index contributed by atoms with van der Waals surface area (Å²) in [5.74, 6) is 0. The quantitative estimate of drug-likeness (QED) is 0.283. The van der Waals surface area contributed by atoms with Crippen LogP contribution in [0.3, 0.4) is 0 Å². The van der Waals surface area contributed by atoms with Crippen LogP contribution in [-0.2, 0) is 0 Å². The van der Waals surface area contributed by atoms with E-state index in [0.717, 1.165) is 0 Å². The Morgan fingerprint density at radius 1 is 0.545 bits per heavy atom. The van der Waals surface area contributed by atoms with Gasteiger partial charge in [0.15, 0.2) is 0 Å². The summed E-state index contributed by atoms with van der Waals surface area (Å²) >= 11 is 2.78. The van der Waals surface area contributed by atoms with Crippen LogP contribution in [0.1, 0.15) is 22.3 Å². The van der Waals surface area contributed by atoms with Crippen molar-refractivity contribution in [2.45, 2.75) is 27.7 Å². The second-order valence-corrected chi connectivity index (χ2v) is 18.2. The molecule has 5 rings (SSSR count). The van der Waals surface area contributed by atoms with Gasteiger partial charge >= 0.3 is 154 Å². The van der Waals surface area contributed by atoms with E-state index < -0.39 is 0 Å². The third-order valence-electron chi connectivity index (χ3n) is 4.94. The molecule has 0 amide bonds. The number of hydrogen-bond acceptors (Lipinski definition) is 0. The number of rotatable bonds is 0. The van der Waals surface area contributed by atoms with Gasteiger partial charge in [0, 0.05) is 0 Å². The van der Waals surface area contributed by atoms with Gasteiger partial charge in [-0.3, -0.25) is 0 Å². The molecule has 0 spiro atoms. The van der Waals surface area contributed by atoms with Crippen LogP contribution < -0.4 is 17.8 Å². The van der Waals surface area contributed by atoms with E-state index >= 15 is 0 Å². The molecule has 3 aromatic carbocycles. The number of hydrogen-bond donors (Lipinski definition) is 0. The minimum atomic E-state index is 0.687. The summed E-state index contributed by atoms with van der Waals surface area (Å²) < 4.78 is 7.01. The van der Waals surface area contributed by atoms with Crippen LogP contribution in [-0.4, -0.2) is 52.5 Å². The molecule has 0 atom stereocenters. The molecule has 0 bridgehead atoms. The van der Waals surface area contributed by atoms with Gasteiger partial charge in [0.25, 0.3) is 0 Å². The molecule has 3 aromatic rings. The Kier molecular flexibility index (Phi) is 3.24. The summed E-state index contributed by atoms with van der Waals surface area (Å²) in [6.45, 7) is 9.33. The summed E-state index contributed by atoms with van der Waals surface area (Å²) in [7, 11) is 0. The van der Waals surface area contributed by atoms with E-state index in [1.807, 2.05) is 0 Å². The molecule has 22 heavy (non-hydrogen) atoms. The van der Waals surface area contributed by atoms with Gasteiger partial charge in [-0.25, -0.2) is 0 Å². The SMILES string of the molecule is Cc1cc2c3c4c(c(C)c(C)c5c4c(c2cc1C)[Se][Se]5)[Se][Se]3. The van der Waals surface area contributed by atoms with Crippen molar-refractivity contribution in [1.29, 1.82) is 0 Å². The number of aryl methyl sites for hydroxylation is 2. The Hall–Kier alpha value is 0.258. The van der Waals surface area contributed by atoms with E-state index in [4.69, 9.17) is 0 Å². The Morgan fingerprint density at radius 2 is 0.909 bits per heavy atom. The van der Waals surface area contributed by atoms with Crippen molar-refractivity contribution < 1.29 is 0 Å². The molecule has 0 saturated heterocycles. The summed E-state index contributed by atoms with van der Waals surface area (Å²) in [5.41, 5.74) is 6.20. The summed E-state index contributed by atoms with van der Waals surface area (Å²) in [4.78, 5) is 0. The van der Waals surface area contributed by atoms with Crippen LogP contribution in [0.4, 0.5) is 0 Å². The van der Waals surface area contributed by atoms with Crippen LogP contribution in [0.15, 0.2) is 12.1 Å². The van der Waals surface area contributed by atoms with Gasteiger partial charge in [-0.05, 0) is 0 Å². The fourth-order valence-electron chi connectivity index (χ4n) is 3.39. The Morgan fingerprint density at radius 3 is 1.32 bits per heavy atom. The molecule has 0 saturated carbocycles. The fourth-order valence-corrected chi connectivity index (χ4v) is 21.4. The predicted molar refractivity (Wildman–Crippen MR) is 102 cm³/mol. The van der Waals surface area contributed by atoms with Crippen molar-refractivity contribution in [2.24, 2.45) is 0 Å². The van der Waals surface area contributed by atoms with E-state index in [1.165, 1.54) is 11.1 Å². The Bertz CT molecular complexity index is 936. The molecule has 0 radical (unpaired) electrons. The standard InChI is InChI=1S/C18H14Se4/c1-7-5-11-12(6-8(7)2)18-14-13-15(19-21-17(11)13)9(3)10(4)16(14)20-22-18/h5-6H,1-4H3. The molecular formula is C18H14Se4. The van der Waals surface area contributed by atoms with Crippen LogP contribution in [0, 0.1) is 27.7 Å². The van der Waals surface area contributed by atoms with Crippen molar-refractivity contribution in [3.05, 3.63) is 34.4 Å². The topological polar surface area (TPSA) is 0 Å². The van der Waals surface area contributed by atoms with Crippen molar-refractivity contribution in [3.8, 4) is 0 Å². The first kappa shape index (κ1) is 14.6. The molecule has 4 heteroatoms. The maximum absolute atomic E-state index is 2.50. The van der Waals surface area contributed by atoms with E-state index in [2.05, 4.69) is 39.8 Å². The first-order valence-electron chi connectivity index (χ1n) is 7.30. The van der Waals surface area contributed by atoms with Gasteiger partial charge in [-0.1, -0.05) is 0 Å². The van der Waals surface area contributed by atoms with Gasteiger partial charge in [0.2, 0.25) is 0 Å². The molecule has 2 heterocycles. The first-order chi connectivity index (χ1) is 10.6. The normalized spacial score (nSPS) is 15.5. The van der Waals surface area contributed by atoms with Crippen molar-refractivity contribution >= 4 is 91.9 Å². The second-order valence-electron chi connectivity index (χ2n) is 6.13. The molecule has 0 fully saturated rings. The average molecular weight is 546 g/mol. The van der Waals surface area contributed by atoms with Gasteiger partial charge < -0.3 is 0 Å². The predicted octanol–water partition coefficient (Wildman–Crippen LogP) is 0.402. The molecule has 2 aliphatic rings. The molecule has 0 aromatic heterocycles. The van der Waals surface area contributed by atoms with Crippen LogP contribution in [0.2, 0.25) is 0 Å². The van der Waals surface area contributed by atoms with Gasteiger partial charge in [0.1, 0.15) is 0 Å². The zero-order valence-electron chi connectivity index (χ0n) is 12.8. The average Bonchev–Trinajstić information content (AvgIpc) is 3.10. The molecule has 2 aliphatic heterocycles. The fraction of sp³-hybridized carbons (Fsp3) is 0.222. The summed E-state index contributed by atoms with van der Waals surface area (Å²) in [6.07, 6.45) is 0. The third-order valence-corrected chi connectivity index (χ3v) is 19.7. The summed E-state index contributed by atoms with van der Waals surface area (Å²) in [6, 6.07) is 5.00. The van der Waals surface area contributed by atoms with Gasteiger partial charge in [-0.2, -0.15) is 0 Å².